The van der Waals surface area contributed by atoms with Gasteiger partial charge >= 0.3 is 0 Å². The summed E-state index contributed by atoms with van der Waals surface area (Å²) in [5, 5.41) is 0. The number of pyridine rings is 1. The molecule has 5 heteroatoms. The number of hydrogen-bond acceptors (Lipinski definition) is 4. The monoisotopic (exact) mass is 312 g/mol. The molecule has 3 rings (SSSR count). The molecular weight excluding hydrogens is 288 g/mol. The molecule has 1 atom stereocenters. The molecule has 1 aliphatic heterocycles. The van der Waals surface area contributed by atoms with Crippen LogP contribution in [0.4, 0.5) is 5.95 Å². The average molecular weight is 312 g/mol. The standard InChI is InChI=1S/C18H24N4O/c1-3-4-6-15-7-5-12-22(15)18-20-16(13-17(23)21(18)2)14-8-10-19-11-9-14/h8-11,13,15H,3-7,12H2,1-2H3. The summed E-state index contributed by atoms with van der Waals surface area (Å²) in [4.78, 5) is 23.6. The number of aromatic nitrogens is 3. The summed E-state index contributed by atoms with van der Waals surface area (Å²) in [7, 11) is 1.82. The molecule has 0 amide bonds. The molecule has 2 aromatic rings. The van der Waals surface area contributed by atoms with E-state index in [1.165, 1.54) is 32.1 Å². The maximum absolute atomic E-state index is 12.4. The van der Waals surface area contributed by atoms with Crippen molar-refractivity contribution >= 4 is 5.95 Å². The first-order chi connectivity index (χ1) is 11.2. The summed E-state index contributed by atoms with van der Waals surface area (Å²) in [6, 6.07) is 5.89. The molecule has 5 nitrogen and oxygen atoms in total. The third kappa shape index (κ3) is 3.28. The van der Waals surface area contributed by atoms with Crippen molar-refractivity contribution in [2.75, 3.05) is 11.4 Å². The second-order valence-electron chi connectivity index (χ2n) is 6.21. The van der Waals surface area contributed by atoms with Crippen LogP contribution in [0.15, 0.2) is 35.4 Å². The van der Waals surface area contributed by atoms with Gasteiger partial charge in [0.2, 0.25) is 5.95 Å². The fourth-order valence-corrected chi connectivity index (χ4v) is 3.29. The van der Waals surface area contributed by atoms with E-state index in [-0.39, 0.29) is 5.56 Å². The van der Waals surface area contributed by atoms with Gasteiger partial charge in [0.05, 0.1) is 5.69 Å². The minimum atomic E-state index is -0.0112. The third-order valence-corrected chi connectivity index (χ3v) is 4.61. The summed E-state index contributed by atoms with van der Waals surface area (Å²) < 4.78 is 1.68. The largest absolute Gasteiger partial charge is 0.339 e. The van der Waals surface area contributed by atoms with E-state index in [0.29, 0.717) is 6.04 Å². The van der Waals surface area contributed by atoms with Crippen LogP contribution in [0.25, 0.3) is 11.3 Å². The molecule has 0 radical (unpaired) electrons. The van der Waals surface area contributed by atoms with E-state index in [9.17, 15) is 4.79 Å². The van der Waals surface area contributed by atoms with Crippen molar-refractivity contribution in [3.8, 4) is 11.3 Å². The normalized spacial score (nSPS) is 17.7. The molecule has 122 valence electrons. The Morgan fingerprint density at radius 1 is 1.30 bits per heavy atom. The van der Waals surface area contributed by atoms with Gasteiger partial charge < -0.3 is 4.90 Å². The van der Waals surface area contributed by atoms with E-state index in [2.05, 4.69) is 16.8 Å². The quantitative estimate of drug-likeness (QED) is 0.851. The van der Waals surface area contributed by atoms with E-state index in [1.807, 2.05) is 19.2 Å². The molecule has 1 aliphatic rings. The highest BCUT2D eigenvalue weighted by atomic mass is 16.1. The van der Waals surface area contributed by atoms with Crippen LogP contribution in [-0.4, -0.2) is 27.1 Å². The van der Waals surface area contributed by atoms with Gasteiger partial charge in [0.15, 0.2) is 0 Å². The predicted octanol–water partition coefficient (Wildman–Crippen LogP) is 3.00. The van der Waals surface area contributed by atoms with Gasteiger partial charge in [0, 0.05) is 43.7 Å². The maximum atomic E-state index is 12.4. The minimum Gasteiger partial charge on any atom is -0.339 e. The van der Waals surface area contributed by atoms with E-state index in [1.54, 1.807) is 23.0 Å². The molecule has 0 saturated carbocycles. The van der Waals surface area contributed by atoms with Crippen LogP contribution in [-0.2, 0) is 7.05 Å². The van der Waals surface area contributed by atoms with Gasteiger partial charge in [0.25, 0.3) is 5.56 Å². The van der Waals surface area contributed by atoms with Crippen molar-refractivity contribution in [1.82, 2.24) is 14.5 Å². The number of rotatable bonds is 5. The molecule has 23 heavy (non-hydrogen) atoms. The van der Waals surface area contributed by atoms with E-state index in [0.717, 1.165) is 23.8 Å². The van der Waals surface area contributed by atoms with Crippen LogP contribution in [0.5, 0.6) is 0 Å². The molecule has 0 N–H and O–H groups in total. The van der Waals surface area contributed by atoms with Crippen LogP contribution in [0, 0.1) is 0 Å². The summed E-state index contributed by atoms with van der Waals surface area (Å²) >= 11 is 0. The zero-order valence-electron chi connectivity index (χ0n) is 13.9. The molecular formula is C18H24N4O. The van der Waals surface area contributed by atoms with Gasteiger partial charge in [-0.1, -0.05) is 19.8 Å². The fraction of sp³-hybridized carbons (Fsp3) is 0.500. The SMILES string of the molecule is CCCCC1CCCN1c1nc(-c2ccncc2)cc(=O)n1C. The predicted molar refractivity (Wildman–Crippen MR) is 92.6 cm³/mol. The summed E-state index contributed by atoms with van der Waals surface area (Å²) in [5.74, 6) is 0.794. The second kappa shape index (κ2) is 6.94. The molecule has 1 fully saturated rings. The van der Waals surface area contributed by atoms with Crippen LogP contribution in [0.1, 0.15) is 39.0 Å². The summed E-state index contributed by atoms with van der Waals surface area (Å²) in [6.45, 7) is 3.20. The molecule has 0 spiro atoms. The zero-order chi connectivity index (χ0) is 16.2. The lowest BCUT2D eigenvalue weighted by molar-refractivity contribution is 0.559. The number of nitrogens with zero attached hydrogens (tertiary/aromatic N) is 4. The Bertz CT molecular complexity index is 711. The minimum absolute atomic E-state index is 0.0112. The summed E-state index contributed by atoms with van der Waals surface area (Å²) in [5.41, 5.74) is 1.65. The topological polar surface area (TPSA) is 51.0 Å². The number of hydrogen-bond donors (Lipinski definition) is 0. The first kappa shape index (κ1) is 15.7. The highest BCUT2D eigenvalue weighted by Gasteiger charge is 2.27. The first-order valence-corrected chi connectivity index (χ1v) is 8.46. The van der Waals surface area contributed by atoms with Gasteiger partial charge in [-0.25, -0.2) is 4.98 Å². The average Bonchev–Trinajstić information content (AvgIpc) is 3.04. The molecule has 0 aliphatic carbocycles. The van der Waals surface area contributed by atoms with Crippen molar-refractivity contribution in [1.29, 1.82) is 0 Å². The van der Waals surface area contributed by atoms with Crippen LogP contribution < -0.4 is 10.5 Å². The molecule has 3 heterocycles. The van der Waals surface area contributed by atoms with E-state index < -0.39 is 0 Å². The van der Waals surface area contributed by atoms with Crippen molar-refractivity contribution in [2.24, 2.45) is 7.05 Å². The Kier molecular flexibility index (Phi) is 4.74. The number of anilines is 1. The maximum Gasteiger partial charge on any atom is 0.255 e. The molecule has 1 saturated heterocycles. The van der Waals surface area contributed by atoms with Gasteiger partial charge in [-0.05, 0) is 31.4 Å². The third-order valence-electron chi connectivity index (χ3n) is 4.61. The van der Waals surface area contributed by atoms with Crippen LogP contribution in [0.2, 0.25) is 0 Å². The molecule has 0 aromatic carbocycles. The Morgan fingerprint density at radius 2 is 2.09 bits per heavy atom. The molecule has 1 unspecified atom stereocenters. The van der Waals surface area contributed by atoms with Crippen molar-refractivity contribution in [3.63, 3.8) is 0 Å². The van der Waals surface area contributed by atoms with Gasteiger partial charge in [0.1, 0.15) is 0 Å². The molecule has 2 aromatic heterocycles. The fourth-order valence-electron chi connectivity index (χ4n) is 3.29. The van der Waals surface area contributed by atoms with Crippen LogP contribution >= 0.6 is 0 Å². The Balaban J connectivity index is 1.98. The van der Waals surface area contributed by atoms with Crippen LogP contribution in [0.3, 0.4) is 0 Å². The van der Waals surface area contributed by atoms with Gasteiger partial charge in [-0.2, -0.15) is 0 Å². The lowest BCUT2D eigenvalue weighted by Crippen LogP contribution is -2.35. The van der Waals surface area contributed by atoms with E-state index in [4.69, 9.17) is 4.98 Å². The van der Waals surface area contributed by atoms with Gasteiger partial charge in [-0.15, -0.1) is 0 Å². The lowest BCUT2D eigenvalue weighted by Gasteiger charge is -2.27. The highest BCUT2D eigenvalue weighted by Crippen LogP contribution is 2.27. The molecule has 0 bridgehead atoms. The Hall–Kier alpha value is -2.17. The van der Waals surface area contributed by atoms with Crippen molar-refractivity contribution in [2.45, 2.75) is 45.1 Å². The summed E-state index contributed by atoms with van der Waals surface area (Å²) in [6.07, 6.45) is 9.42. The van der Waals surface area contributed by atoms with Gasteiger partial charge in [-0.3, -0.25) is 14.3 Å². The first-order valence-electron chi connectivity index (χ1n) is 8.46. The van der Waals surface area contributed by atoms with E-state index >= 15 is 0 Å². The Labute approximate surface area is 137 Å². The highest BCUT2D eigenvalue weighted by molar-refractivity contribution is 5.59. The second-order valence-corrected chi connectivity index (χ2v) is 6.21. The number of unbranched alkanes of at least 4 members (excludes halogenated alkanes) is 1. The zero-order valence-corrected chi connectivity index (χ0v) is 13.9. The lowest BCUT2D eigenvalue weighted by atomic mass is 10.1. The van der Waals surface area contributed by atoms with Crippen molar-refractivity contribution in [3.05, 3.63) is 40.9 Å². The smallest absolute Gasteiger partial charge is 0.255 e. The van der Waals surface area contributed by atoms with Crippen molar-refractivity contribution < 1.29 is 0 Å². The Morgan fingerprint density at radius 3 is 2.83 bits per heavy atom.